The van der Waals surface area contributed by atoms with E-state index in [1.807, 2.05) is 12.3 Å². The first-order chi connectivity index (χ1) is 10.1. The summed E-state index contributed by atoms with van der Waals surface area (Å²) >= 11 is 1.54. The van der Waals surface area contributed by atoms with Gasteiger partial charge in [-0.05, 0) is 49.8 Å². The highest BCUT2D eigenvalue weighted by Gasteiger charge is 2.05. The van der Waals surface area contributed by atoms with Crippen molar-refractivity contribution in [2.75, 3.05) is 23.4 Å². The summed E-state index contributed by atoms with van der Waals surface area (Å²) in [6.07, 6.45) is 3.05. The van der Waals surface area contributed by atoms with Crippen LogP contribution in [0.5, 0.6) is 0 Å². The molecule has 0 radical (unpaired) electrons. The Morgan fingerprint density at radius 1 is 1.05 bits per heavy atom. The summed E-state index contributed by atoms with van der Waals surface area (Å²) in [7, 11) is 0. The van der Waals surface area contributed by atoms with Crippen molar-refractivity contribution in [3.8, 4) is 0 Å². The van der Waals surface area contributed by atoms with Crippen LogP contribution in [0.2, 0.25) is 0 Å². The lowest BCUT2D eigenvalue weighted by Gasteiger charge is -2.11. The minimum absolute atomic E-state index is 0.766. The quantitative estimate of drug-likeness (QED) is 0.612. The van der Waals surface area contributed by atoms with Crippen LogP contribution in [0, 0.1) is 13.8 Å². The highest BCUT2D eigenvalue weighted by molar-refractivity contribution is 7.98. The first-order valence-corrected chi connectivity index (χ1v) is 8.36. The molecule has 0 atom stereocenters. The maximum Gasteiger partial charge on any atom is 0.191 e. The van der Waals surface area contributed by atoms with E-state index in [0.29, 0.717) is 0 Å². The molecule has 4 nitrogen and oxygen atoms in total. The first kappa shape index (κ1) is 15.6. The third kappa shape index (κ3) is 4.36. The number of hydrogen-bond donors (Lipinski definition) is 2. The Morgan fingerprint density at radius 2 is 1.81 bits per heavy atom. The van der Waals surface area contributed by atoms with Crippen molar-refractivity contribution in [3.63, 3.8) is 0 Å². The molecule has 0 bridgehead atoms. The highest BCUT2D eigenvalue weighted by Crippen LogP contribution is 2.22. The second-order valence-electron chi connectivity index (χ2n) is 4.98. The molecule has 0 unspecified atom stereocenters. The van der Waals surface area contributed by atoms with Crippen molar-refractivity contribution in [3.05, 3.63) is 35.4 Å². The second kappa shape index (κ2) is 7.31. The minimum Gasteiger partial charge on any atom is -0.370 e. The number of aryl methyl sites for hydroxylation is 2. The first-order valence-electron chi connectivity index (χ1n) is 7.13. The summed E-state index contributed by atoms with van der Waals surface area (Å²) in [4.78, 5) is 8.97. The van der Waals surface area contributed by atoms with Crippen LogP contribution in [-0.2, 0) is 0 Å². The normalized spacial score (nSPS) is 10.5. The number of aromatic nitrogens is 2. The molecule has 0 saturated carbocycles. The van der Waals surface area contributed by atoms with Crippen LogP contribution in [0.3, 0.4) is 0 Å². The number of nitrogens with zero attached hydrogens (tertiary/aromatic N) is 2. The van der Waals surface area contributed by atoms with Crippen LogP contribution in [0.25, 0.3) is 0 Å². The Kier molecular flexibility index (Phi) is 5.44. The minimum atomic E-state index is 0.766. The number of nitrogens with one attached hydrogen (secondary N) is 2. The van der Waals surface area contributed by atoms with Gasteiger partial charge >= 0.3 is 0 Å². The fourth-order valence-corrected chi connectivity index (χ4v) is 2.27. The number of rotatable bonds is 6. The molecule has 0 saturated heterocycles. The van der Waals surface area contributed by atoms with Gasteiger partial charge in [0.05, 0.1) is 0 Å². The SMILES string of the molecule is CCCNc1cc(Nc2ccc(C)c(C)c2)nc(SC)n1. The summed E-state index contributed by atoms with van der Waals surface area (Å²) in [6, 6.07) is 8.27. The molecular weight excluding hydrogens is 280 g/mol. The van der Waals surface area contributed by atoms with E-state index in [1.54, 1.807) is 11.8 Å². The van der Waals surface area contributed by atoms with Gasteiger partial charge in [0.1, 0.15) is 11.6 Å². The molecule has 0 aliphatic heterocycles. The van der Waals surface area contributed by atoms with E-state index in [2.05, 4.69) is 59.6 Å². The summed E-state index contributed by atoms with van der Waals surface area (Å²) in [5, 5.41) is 7.44. The molecule has 0 aliphatic carbocycles. The van der Waals surface area contributed by atoms with Crippen molar-refractivity contribution in [2.24, 2.45) is 0 Å². The topological polar surface area (TPSA) is 49.8 Å². The van der Waals surface area contributed by atoms with Gasteiger partial charge in [-0.15, -0.1) is 0 Å². The standard InChI is InChI=1S/C16H22N4S/c1-5-8-17-14-10-15(20-16(19-14)21-4)18-13-7-6-11(2)12(3)9-13/h6-7,9-10H,5,8H2,1-4H3,(H2,17,18,19,20). The fraction of sp³-hybridized carbons (Fsp3) is 0.375. The fourth-order valence-electron chi connectivity index (χ4n) is 1.89. The molecule has 2 aromatic rings. The second-order valence-corrected chi connectivity index (χ2v) is 5.75. The average Bonchev–Trinajstić information content (AvgIpc) is 2.48. The summed E-state index contributed by atoms with van der Waals surface area (Å²) in [5.41, 5.74) is 3.60. The van der Waals surface area contributed by atoms with Crippen molar-refractivity contribution < 1.29 is 0 Å². The van der Waals surface area contributed by atoms with Crippen molar-refractivity contribution in [1.29, 1.82) is 0 Å². The Bertz CT molecular complexity index is 613. The average molecular weight is 302 g/mol. The Labute approximate surface area is 130 Å². The Hall–Kier alpha value is -1.75. The molecule has 0 amide bonds. The number of anilines is 3. The molecule has 2 rings (SSSR count). The molecule has 1 aromatic heterocycles. The molecular formula is C16H22N4S. The van der Waals surface area contributed by atoms with E-state index in [1.165, 1.54) is 11.1 Å². The molecule has 0 aliphatic rings. The molecule has 0 fully saturated rings. The number of hydrogen-bond acceptors (Lipinski definition) is 5. The maximum absolute atomic E-state index is 4.51. The lowest BCUT2D eigenvalue weighted by molar-refractivity contribution is 0.929. The maximum atomic E-state index is 4.51. The summed E-state index contributed by atoms with van der Waals surface area (Å²) in [5.74, 6) is 1.68. The van der Waals surface area contributed by atoms with Gasteiger partial charge in [-0.2, -0.15) is 0 Å². The monoisotopic (exact) mass is 302 g/mol. The summed E-state index contributed by atoms with van der Waals surface area (Å²) in [6.45, 7) is 7.27. The molecule has 1 aromatic carbocycles. The molecule has 21 heavy (non-hydrogen) atoms. The molecule has 0 spiro atoms. The third-order valence-corrected chi connectivity index (χ3v) is 3.77. The Balaban J connectivity index is 2.23. The molecule has 1 heterocycles. The number of benzene rings is 1. The third-order valence-electron chi connectivity index (χ3n) is 3.22. The van der Waals surface area contributed by atoms with Crippen molar-refractivity contribution in [1.82, 2.24) is 9.97 Å². The van der Waals surface area contributed by atoms with Crippen LogP contribution in [0.4, 0.5) is 17.3 Å². The van der Waals surface area contributed by atoms with E-state index in [9.17, 15) is 0 Å². The van der Waals surface area contributed by atoms with Crippen molar-refractivity contribution in [2.45, 2.75) is 32.3 Å². The lowest BCUT2D eigenvalue weighted by Crippen LogP contribution is -2.05. The van der Waals surface area contributed by atoms with Gasteiger partial charge in [0, 0.05) is 18.3 Å². The van der Waals surface area contributed by atoms with E-state index >= 15 is 0 Å². The van der Waals surface area contributed by atoms with Crippen molar-refractivity contribution >= 4 is 29.1 Å². The van der Waals surface area contributed by atoms with Crippen LogP contribution in [0.15, 0.2) is 29.4 Å². The molecule has 2 N–H and O–H groups in total. The Morgan fingerprint density at radius 3 is 2.48 bits per heavy atom. The van der Waals surface area contributed by atoms with E-state index in [4.69, 9.17) is 0 Å². The molecule has 5 heteroatoms. The van der Waals surface area contributed by atoms with Gasteiger partial charge in [0.2, 0.25) is 0 Å². The summed E-state index contributed by atoms with van der Waals surface area (Å²) < 4.78 is 0. The predicted molar refractivity (Wildman–Crippen MR) is 91.8 cm³/mol. The van der Waals surface area contributed by atoms with Gasteiger partial charge in [-0.1, -0.05) is 24.8 Å². The highest BCUT2D eigenvalue weighted by atomic mass is 32.2. The van der Waals surface area contributed by atoms with E-state index in [0.717, 1.165) is 35.4 Å². The van der Waals surface area contributed by atoms with Crippen LogP contribution < -0.4 is 10.6 Å². The smallest absolute Gasteiger partial charge is 0.191 e. The van der Waals surface area contributed by atoms with Crippen LogP contribution in [0.1, 0.15) is 24.5 Å². The zero-order valence-electron chi connectivity index (χ0n) is 13.0. The van der Waals surface area contributed by atoms with Gasteiger partial charge < -0.3 is 10.6 Å². The lowest BCUT2D eigenvalue weighted by atomic mass is 10.1. The zero-order valence-corrected chi connectivity index (χ0v) is 13.8. The van der Waals surface area contributed by atoms with Gasteiger partial charge in [-0.3, -0.25) is 0 Å². The van der Waals surface area contributed by atoms with Gasteiger partial charge in [0.15, 0.2) is 5.16 Å². The van der Waals surface area contributed by atoms with E-state index < -0.39 is 0 Å². The van der Waals surface area contributed by atoms with Crippen LogP contribution >= 0.6 is 11.8 Å². The largest absolute Gasteiger partial charge is 0.370 e. The van der Waals surface area contributed by atoms with Gasteiger partial charge in [-0.25, -0.2) is 9.97 Å². The molecule has 112 valence electrons. The number of thioether (sulfide) groups is 1. The zero-order chi connectivity index (χ0) is 15.2. The predicted octanol–water partition coefficient (Wildman–Crippen LogP) is 4.38. The van der Waals surface area contributed by atoms with E-state index in [-0.39, 0.29) is 0 Å². The van der Waals surface area contributed by atoms with Gasteiger partial charge in [0.25, 0.3) is 0 Å². The van der Waals surface area contributed by atoms with Crippen LogP contribution in [-0.4, -0.2) is 22.8 Å².